The lowest BCUT2D eigenvalue weighted by Gasteiger charge is -2.33. The fourth-order valence-electron chi connectivity index (χ4n) is 3.98. The van der Waals surface area contributed by atoms with Crippen LogP contribution in [0.15, 0.2) is 78.9 Å². The van der Waals surface area contributed by atoms with Crippen molar-refractivity contribution < 1.29 is 9.59 Å². The molecule has 1 N–H and O–H groups in total. The molecule has 3 aromatic rings. The van der Waals surface area contributed by atoms with Gasteiger partial charge in [-0.2, -0.15) is 5.26 Å². The van der Waals surface area contributed by atoms with Crippen LogP contribution in [0.3, 0.4) is 0 Å². The molecule has 3 aromatic carbocycles. The van der Waals surface area contributed by atoms with Crippen molar-refractivity contribution in [1.29, 1.82) is 5.26 Å². The molecule has 5 nitrogen and oxygen atoms in total. The van der Waals surface area contributed by atoms with Gasteiger partial charge in [0.1, 0.15) is 0 Å². The number of rotatable bonds is 4. The zero-order valence-corrected chi connectivity index (χ0v) is 17.1. The fraction of sp³-hybridized carbons (Fsp3) is 0.192. The Kier molecular flexibility index (Phi) is 6.09. The van der Waals surface area contributed by atoms with Gasteiger partial charge in [0.05, 0.1) is 11.6 Å². The first kappa shape index (κ1) is 20.4. The van der Waals surface area contributed by atoms with Crippen molar-refractivity contribution in [2.45, 2.75) is 18.9 Å². The number of carbonyl (C=O) groups is 2. The molecule has 0 bridgehead atoms. The molecule has 0 saturated carbocycles. The summed E-state index contributed by atoms with van der Waals surface area (Å²) >= 11 is 0. The molecule has 5 heteroatoms. The zero-order chi connectivity index (χ0) is 21.6. The van der Waals surface area contributed by atoms with Crippen LogP contribution in [0.4, 0.5) is 0 Å². The number of carbonyl (C=O) groups excluding carboxylic acids is 2. The predicted molar refractivity (Wildman–Crippen MR) is 119 cm³/mol. The van der Waals surface area contributed by atoms with E-state index in [-0.39, 0.29) is 17.9 Å². The second-order valence-corrected chi connectivity index (χ2v) is 7.61. The summed E-state index contributed by atoms with van der Waals surface area (Å²) in [4.78, 5) is 27.5. The summed E-state index contributed by atoms with van der Waals surface area (Å²) in [7, 11) is 0. The summed E-state index contributed by atoms with van der Waals surface area (Å²) in [5.41, 5.74) is 3.32. The van der Waals surface area contributed by atoms with E-state index in [1.807, 2.05) is 65.6 Å². The summed E-state index contributed by atoms with van der Waals surface area (Å²) in [5, 5.41) is 12.5. The topological polar surface area (TPSA) is 73.2 Å². The Balaban J connectivity index is 1.45. The number of hydrogen-bond donors (Lipinski definition) is 1. The fourth-order valence-corrected chi connectivity index (χ4v) is 3.98. The molecule has 1 aliphatic heterocycles. The number of nitrogens with one attached hydrogen (secondary N) is 1. The maximum absolute atomic E-state index is 13.3. The monoisotopic (exact) mass is 409 g/mol. The minimum atomic E-state index is -0.0798. The van der Waals surface area contributed by atoms with Gasteiger partial charge in [-0.3, -0.25) is 9.59 Å². The quantitative estimate of drug-likeness (QED) is 0.700. The van der Waals surface area contributed by atoms with Gasteiger partial charge >= 0.3 is 0 Å². The Labute approximate surface area is 181 Å². The lowest BCUT2D eigenvalue weighted by molar-refractivity contribution is 0.0699. The highest BCUT2D eigenvalue weighted by Gasteiger charge is 2.26. The molecule has 1 aliphatic rings. The molecular weight excluding hydrogens is 386 g/mol. The molecule has 0 spiro atoms. The average molecular weight is 409 g/mol. The number of piperidine rings is 1. The normalized spacial score (nSPS) is 14.0. The molecule has 4 rings (SSSR count). The molecule has 31 heavy (non-hydrogen) atoms. The number of hydrogen-bond acceptors (Lipinski definition) is 3. The Morgan fingerprint density at radius 1 is 0.839 bits per heavy atom. The van der Waals surface area contributed by atoms with Gasteiger partial charge in [0.25, 0.3) is 11.8 Å². The van der Waals surface area contributed by atoms with E-state index < -0.39 is 0 Å². The molecule has 0 atom stereocenters. The van der Waals surface area contributed by atoms with Crippen LogP contribution >= 0.6 is 0 Å². The van der Waals surface area contributed by atoms with E-state index >= 15 is 0 Å². The van der Waals surface area contributed by atoms with Crippen molar-refractivity contribution >= 4 is 11.8 Å². The SMILES string of the molecule is N#Cc1ccccc1-c1ccccc1C(=O)N1CCC(NC(=O)c2ccccc2)CC1. The van der Waals surface area contributed by atoms with Crippen molar-refractivity contribution in [3.8, 4) is 17.2 Å². The van der Waals surface area contributed by atoms with Crippen LogP contribution in [0.1, 0.15) is 39.1 Å². The van der Waals surface area contributed by atoms with Crippen LogP contribution in [-0.2, 0) is 0 Å². The van der Waals surface area contributed by atoms with Crippen LogP contribution in [0.5, 0.6) is 0 Å². The summed E-state index contributed by atoms with van der Waals surface area (Å²) in [5.74, 6) is -0.125. The van der Waals surface area contributed by atoms with E-state index in [9.17, 15) is 14.9 Å². The average Bonchev–Trinajstić information content (AvgIpc) is 2.84. The van der Waals surface area contributed by atoms with E-state index in [0.717, 1.165) is 11.1 Å². The van der Waals surface area contributed by atoms with Crippen LogP contribution in [0.2, 0.25) is 0 Å². The third kappa shape index (κ3) is 4.49. The third-order valence-corrected chi connectivity index (χ3v) is 5.65. The number of benzene rings is 3. The largest absolute Gasteiger partial charge is 0.349 e. The van der Waals surface area contributed by atoms with Gasteiger partial charge < -0.3 is 10.2 Å². The van der Waals surface area contributed by atoms with Gasteiger partial charge in [0, 0.05) is 35.8 Å². The van der Waals surface area contributed by atoms with Gasteiger partial charge in [-0.05, 0) is 42.7 Å². The van der Waals surface area contributed by atoms with Crippen LogP contribution in [0.25, 0.3) is 11.1 Å². The molecule has 0 aromatic heterocycles. The van der Waals surface area contributed by atoms with E-state index in [0.29, 0.717) is 42.6 Å². The summed E-state index contributed by atoms with van der Waals surface area (Å²) < 4.78 is 0. The van der Waals surface area contributed by atoms with Crippen LogP contribution in [0, 0.1) is 11.3 Å². The van der Waals surface area contributed by atoms with Gasteiger partial charge in [0.2, 0.25) is 0 Å². The van der Waals surface area contributed by atoms with Crippen molar-refractivity contribution in [2.75, 3.05) is 13.1 Å². The molecule has 2 amide bonds. The molecule has 1 heterocycles. The van der Waals surface area contributed by atoms with Gasteiger partial charge in [-0.1, -0.05) is 54.6 Å². The first-order valence-electron chi connectivity index (χ1n) is 10.4. The van der Waals surface area contributed by atoms with Crippen LogP contribution < -0.4 is 5.32 Å². The first-order valence-corrected chi connectivity index (χ1v) is 10.4. The highest BCUT2D eigenvalue weighted by molar-refractivity contribution is 6.01. The smallest absolute Gasteiger partial charge is 0.254 e. The van der Waals surface area contributed by atoms with Crippen molar-refractivity contribution in [3.05, 3.63) is 95.6 Å². The number of likely N-dealkylation sites (tertiary alicyclic amines) is 1. The number of amides is 2. The molecule has 0 aliphatic carbocycles. The summed E-state index contributed by atoms with van der Waals surface area (Å²) in [6.07, 6.45) is 1.42. The van der Waals surface area contributed by atoms with Gasteiger partial charge in [-0.15, -0.1) is 0 Å². The van der Waals surface area contributed by atoms with Crippen molar-refractivity contribution in [3.63, 3.8) is 0 Å². The third-order valence-electron chi connectivity index (χ3n) is 5.65. The first-order chi connectivity index (χ1) is 15.2. The number of nitriles is 1. The molecule has 154 valence electrons. The Morgan fingerprint density at radius 3 is 2.16 bits per heavy atom. The van der Waals surface area contributed by atoms with E-state index in [2.05, 4.69) is 11.4 Å². The Morgan fingerprint density at radius 2 is 1.45 bits per heavy atom. The Hall–Kier alpha value is -3.91. The van der Waals surface area contributed by atoms with Crippen LogP contribution in [-0.4, -0.2) is 35.8 Å². The maximum Gasteiger partial charge on any atom is 0.254 e. The molecule has 1 fully saturated rings. The standard InChI is InChI=1S/C26H23N3O2/c27-18-20-10-4-5-11-22(20)23-12-6-7-13-24(23)26(31)29-16-14-21(15-17-29)28-25(30)19-8-2-1-3-9-19/h1-13,21H,14-17H2,(H,28,30). The molecule has 0 unspecified atom stereocenters. The van der Waals surface area contributed by atoms with Crippen molar-refractivity contribution in [1.82, 2.24) is 10.2 Å². The highest BCUT2D eigenvalue weighted by atomic mass is 16.2. The van der Waals surface area contributed by atoms with Crippen molar-refractivity contribution in [2.24, 2.45) is 0 Å². The number of nitrogens with zero attached hydrogens (tertiary/aromatic N) is 2. The second-order valence-electron chi connectivity index (χ2n) is 7.61. The summed E-state index contributed by atoms with van der Waals surface area (Å²) in [6, 6.07) is 26.2. The lowest BCUT2D eigenvalue weighted by atomic mass is 9.94. The molecule has 0 radical (unpaired) electrons. The lowest BCUT2D eigenvalue weighted by Crippen LogP contribution is -2.46. The van der Waals surface area contributed by atoms with Gasteiger partial charge in [-0.25, -0.2) is 0 Å². The minimum Gasteiger partial charge on any atom is -0.349 e. The zero-order valence-electron chi connectivity index (χ0n) is 17.1. The maximum atomic E-state index is 13.3. The second kappa shape index (κ2) is 9.27. The summed E-state index contributed by atoms with van der Waals surface area (Å²) in [6.45, 7) is 1.15. The molecule has 1 saturated heterocycles. The molecular formula is C26H23N3O2. The predicted octanol–water partition coefficient (Wildman–Crippen LogP) is 4.26. The minimum absolute atomic E-state index is 0.0452. The van der Waals surface area contributed by atoms with E-state index in [1.54, 1.807) is 18.2 Å². The van der Waals surface area contributed by atoms with E-state index in [4.69, 9.17) is 0 Å². The van der Waals surface area contributed by atoms with Gasteiger partial charge in [0.15, 0.2) is 0 Å². The Bertz CT molecular complexity index is 1130. The van der Waals surface area contributed by atoms with E-state index in [1.165, 1.54) is 0 Å². The highest BCUT2D eigenvalue weighted by Crippen LogP contribution is 2.28.